The Bertz CT molecular complexity index is 882. The zero-order valence-corrected chi connectivity index (χ0v) is 14.3. The summed E-state index contributed by atoms with van der Waals surface area (Å²) in [7, 11) is -3.32. The van der Waals surface area contributed by atoms with E-state index in [-0.39, 0.29) is 17.1 Å². The number of hydrogen-bond donors (Lipinski definition) is 4. The smallest absolute Gasteiger partial charge is 0.386 e. The zero-order valence-electron chi connectivity index (χ0n) is 13.4. The molecule has 0 bridgehead atoms. The molecule has 25 heavy (non-hydrogen) atoms. The van der Waals surface area contributed by atoms with Crippen molar-refractivity contribution in [2.45, 2.75) is 37.9 Å². The Morgan fingerprint density at radius 1 is 1.56 bits per heavy atom. The third-order valence-electron chi connectivity index (χ3n) is 3.92. The van der Waals surface area contributed by atoms with Gasteiger partial charge in [-0.25, -0.2) is 9.55 Å². The SMILES string of the molecule is CC[C@H]1O[C@@H](n2cnc3c(=O)[nH]c(N)nc32)C(O)[C@H]1OP(=O)(O)OC. The standard InChI is InChI=1S/C12H18N5O7P/c1-3-5-8(24-25(20,21)22-2)7(18)11(23-5)17-4-14-6-9(17)15-12(13)16-10(6)19/h4-5,7-8,11,18H,3H2,1-2H3,(H,20,21)(H3,13,15,16,19)/t5-,7?,8+,11-/m1/s1. The van der Waals surface area contributed by atoms with Crippen LogP contribution in [-0.4, -0.2) is 54.9 Å². The molecule has 2 aromatic heterocycles. The number of hydrogen-bond acceptors (Lipinski definition) is 9. The third kappa shape index (κ3) is 3.19. The molecule has 12 nitrogen and oxygen atoms in total. The van der Waals surface area contributed by atoms with E-state index in [1.54, 1.807) is 6.92 Å². The number of aliphatic hydroxyl groups excluding tert-OH is 1. The van der Waals surface area contributed by atoms with Crippen LogP contribution in [0.2, 0.25) is 0 Å². The highest BCUT2D eigenvalue weighted by atomic mass is 31.2. The fraction of sp³-hybridized carbons (Fsp3) is 0.583. The Labute approximate surface area is 141 Å². The van der Waals surface area contributed by atoms with Gasteiger partial charge in [-0.15, -0.1) is 0 Å². The Hall–Kier alpha value is -1.82. The number of H-pyrrole nitrogens is 1. The molecule has 1 aliphatic heterocycles. The molecule has 2 aromatic rings. The largest absolute Gasteiger partial charge is 0.472 e. The van der Waals surface area contributed by atoms with E-state index in [0.717, 1.165) is 7.11 Å². The second kappa shape index (κ2) is 6.48. The predicted molar refractivity (Wildman–Crippen MR) is 84.5 cm³/mol. The van der Waals surface area contributed by atoms with Gasteiger partial charge in [0, 0.05) is 7.11 Å². The second-order valence-corrected chi connectivity index (χ2v) is 6.97. The van der Waals surface area contributed by atoms with Crippen LogP contribution >= 0.6 is 7.82 Å². The number of aromatic nitrogens is 4. The fourth-order valence-corrected chi connectivity index (χ4v) is 3.39. The summed E-state index contributed by atoms with van der Waals surface area (Å²) < 4.78 is 28.2. The first-order chi connectivity index (χ1) is 11.8. The van der Waals surface area contributed by atoms with Crippen LogP contribution in [0.5, 0.6) is 0 Å². The Balaban J connectivity index is 1.99. The van der Waals surface area contributed by atoms with Crippen molar-refractivity contribution < 1.29 is 28.3 Å². The number of fused-ring (bicyclic) bond motifs is 1. The number of nitrogens with one attached hydrogen (secondary N) is 1. The molecule has 1 aliphatic rings. The summed E-state index contributed by atoms with van der Waals surface area (Å²) in [4.78, 5) is 31.6. The first-order valence-corrected chi connectivity index (χ1v) is 8.89. The second-order valence-electron chi connectivity index (χ2n) is 5.46. The summed E-state index contributed by atoms with van der Waals surface area (Å²) in [6.45, 7) is 1.76. The molecule has 3 rings (SSSR count). The number of phosphoric acid groups is 1. The number of anilines is 1. The molecule has 3 heterocycles. The molecule has 13 heteroatoms. The summed E-state index contributed by atoms with van der Waals surface area (Å²) in [5.41, 5.74) is 5.14. The highest BCUT2D eigenvalue weighted by Crippen LogP contribution is 2.48. The minimum atomic E-state index is -4.33. The molecule has 1 fully saturated rings. The van der Waals surface area contributed by atoms with Gasteiger partial charge in [-0.2, -0.15) is 4.98 Å². The lowest BCUT2D eigenvalue weighted by molar-refractivity contribution is -0.0355. The third-order valence-corrected chi connectivity index (χ3v) is 4.89. The number of nitrogen functional groups attached to an aromatic ring is 1. The van der Waals surface area contributed by atoms with Gasteiger partial charge in [0.05, 0.1) is 12.4 Å². The quantitative estimate of drug-likeness (QED) is 0.499. The van der Waals surface area contributed by atoms with E-state index in [1.807, 2.05) is 0 Å². The molecule has 5 N–H and O–H groups in total. The number of aliphatic hydroxyl groups is 1. The van der Waals surface area contributed by atoms with Gasteiger partial charge in [0.2, 0.25) is 5.95 Å². The van der Waals surface area contributed by atoms with Gasteiger partial charge in [0.25, 0.3) is 5.56 Å². The molecule has 5 atom stereocenters. The predicted octanol–water partition coefficient (Wildman–Crippen LogP) is -0.498. The summed E-state index contributed by atoms with van der Waals surface area (Å²) >= 11 is 0. The lowest BCUT2D eigenvalue weighted by Gasteiger charge is -2.21. The topological polar surface area (TPSA) is 175 Å². The van der Waals surface area contributed by atoms with Crippen molar-refractivity contribution in [2.24, 2.45) is 0 Å². The van der Waals surface area contributed by atoms with Crippen molar-refractivity contribution in [2.75, 3.05) is 12.8 Å². The highest BCUT2D eigenvalue weighted by molar-refractivity contribution is 7.47. The maximum atomic E-state index is 11.9. The lowest BCUT2D eigenvalue weighted by Crippen LogP contribution is -2.33. The van der Waals surface area contributed by atoms with E-state index in [0.29, 0.717) is 6.42 Å². The van der Waals surface area contributed by atoms with Crippen molar-refractivity contribution >= 4 is 24.9 Å². The molecule has 0 amide bonds. The Morgan fingerprint density at radius 2 is 2.28 bits per heavy atom. The molecule has 0 aromatic carbocycles. The van der Waals surface area contributed by atoms with Crippen LogP contribution in [0.15, 0.2) is 11.1 Å². The van der Waals surface area contributed by atoms with E-state index < -0.39 is 37.9 Å². The first-order valence-electron chi connectivity index (χ1n) is 7.40. The van der Waals surface area contributed by atoms with Crippen LogP contribution in [0.3, 0.4) is 0 Å². The molecule has 1 saturated heterocycles. The minimum Gasteiger partial charge on any atom is -0.386 e. The summed E-state index contributed by atoms with van der Waals surface area (Å²) in [5.74, 6) is -0.120. The van der Waals surface area contributed by atoms with Crippen molar-refractivity contribution in [1.82, 2.24) is 19.5 Å². The van der Waals surface area contributed by atoms with E-state index in [9.17, 15) is 19.4 Å². The number of ether oxygens (including phenoxy) is 1. The van der Waals surface area contributed by atoms with E-state index >= 15 is 0 Å². The van der Waals surface area contributed by atoms with Crippen LogP contribution in [0.4, 0.5) is 5.95 Å². The lowest BCUT2D eigenvalue weighted by atomic mass is 10.1. The average Bonchev–Trinajstić information content (AvgIpc) is 3.09. The molecular weight excluding hydrogens is 357 g/mol. The van der Waals surface area contributed by atoms with Gasteiger partial charge in [0.1, 0.15) is 12.2 Å². The molecule has 0 spiro atoms. The monoisotopic (exact) mass is 375 g/mol. The summed E-state index contributed by atoms with van der Waals surface area (Å²) in [6, 6.07) is 0. The Kier molecular flexibility index (Phi) is 4.66. The van der Waals surface area contributed by atoms with Crippen LogP contribution in [0, 0.1) is 0 Å². The van der Waals surface area contributed by atoms with Gasteiger partial charge in [-0.3, -0.25) is 23.4 Å². The maximum absolute atomic E-state index is 11.9. The molecular formula is C12H18N5O7P. The Morgan fingerprint density at radius 3 is 2.92 bits per heavy atom. The van der Waals surface area contributed by atoms with Gasteiger partial charge < -0.3 is 20.5 Å². The zero-order chi connectivity index (χ0) is 18.4. The van der Waals surface area contributed by atoms with E-state index in [4.69, 9.17) is 15.0 Å². The number of aromatic amines is 1. The number of phosphoric ester groups is 1. The van der Waals surface area contributed by atoms with Crippen molar-refractivity contribution in [3.63, 3.8) is 0 Å². The van der Waals surface area contributed by atoms with Crippen molar-refractivity contribution in [3.8, 4) is 0 Å². The fourth-order valence-electron chi connectivity index (χ4n) is 2.73. The number of rotatable bonds is 5. The summed E-state index contributed by atoms with van der Waals surface area (Å²) in [6.07, 6.45) is -2.52. The average molecular weight is 375 g/mol. The number of nitrogens with zero attached hydrogens (tertiary/aromatic N) is 3. The number of imidazole rings is 1. The molecule has 138 valence electrons. The molecule has 2 unspecified atom stereocenters. The number of nitrogens with two attached hydrogens (primary N) is 1. The van der Waals surface area contributed by atoms with Crippen LogP contribution in [0.25, 0.3) is 11.2 Å². The van der Waals surface area contributed by atoms with Gasteiger partial charge in [-0.1, -0.05) is 6.92 Å². The van der Waals surface area contributed by atoms with Crippen molar-refractivity contribution in [1.29, 1.82) is 0 Å². The minimum absolute atomic E-state index is 0.0205. The molecule has 0 aliphatic carbocycles. The van der Waals surface area contributed by atoms with Crippen LogP contribution in [0.1, 0.15) is 19.6 Å². The van der Waals surface area contributed by atoms with Gasteiger partial charge >= 0.3 is 7.82 Å². The van der Waals surface area contributed by atoms with E-state index in [1.165, 1.54) is 10.9 Å². The maximum Gasteiger partial charge on any atom is 0.472 e. The molecule has 0 radical (unpaired) electrons. The highest BCUT2D eigenvalue weighted by Gasteiger charge is 2.48. The van der Waals surface area contributed by atoms with E-state index in [2.05, 4.69) is 19.5 Å². The normalized spacial score (nSPS) is 29.1. The summed E-state index contributed by atoms with van der Waals surface area (Å²) in [5, 5.41) is 10.5. The van der Waals surface area contributed by atoms with Crippen LogP contribution < -0.4 is 11.3 Å². The van der Waals surface area contributed by atoms with Gasteiger partial charge in [0.15, 0.2) is 17.4 Å². The van der Waals surface area contributed by atoms with Gasteiger partial charge in [-0.05, 0) is 6.42 Å². The molecule has 0 saturated carbocycles. The first kappa shape index (κ1) is 18.0. The van der Waals surface area contributed by atoms with Crippen molar-refractivity contribution in [3.05, 3.63) is 16.7 Å². The van der Waals surface area contributed by atoms with Crippen LogP contribution in [-0.2, 0) is 18.3 Å².